The van der Waals surface area contributed by atoms with Crippen LogP contribution >= 0.6 is 0 Å². The van der Waals surface area contributed by atoms with E-state index in [0.717, 1.165) is 29.1 Å². The summed E-state index contributed by atoms with van der Waals surface area (Å²) in [7, 11) is 1.76. The molecule has 20 heavy (non-hydrogen) atoms. The van der Waals surface area contributed by atoms with Gasteiger partial charge in [0.05, 0.1) is 13.7 Å². The zero-order valence-corrected chi connectivity index (χ0v) is 12.3. The molecule has 2 heteroatoms. The van der Waals surface area contributed by atoms with Crippen LogP contribution in [0.2, 0.25) is 0 Å². The van der Waals surface area contributed by atoms with Crippen molar-refractivity contribution in [1.29, 1.82) is 0 Å². The molecule has 5 rings (SSSR count). The number of benzene rings is 1. The summed E-state index contributed by atoms with van der Waals surface area (Å²) in [5, 5.41) is 9.33. The van der Waals surface area contributed by atoms with Crippen LogP contribution in [0.4, 0.5) is 0 Å². The quantitative estimate of drug-likeness (QED) is 0.910. The molecule has 4 aliphatic rings. The molecular weight excluding hydrogens is 248 g/mol. The van der Waals surface area contributed by atoms with Gasteiger partial charge in [-0.1, -0.05) is 12.1 Å². The third kappa shape index (κ3) is 1.81. The molecule has 108 valence electrons. The maximum Gasteiger partial charge on any atom is 0.122 e. The summed E-state index contributed by atoms with van der Waals surface area (Å²) < 4.78 is 5.67. The Hall–Kier alpha value is -1.02. The predicted octanol–water partition coefficient (Wildman–Crippen LogP) is 3.66. The third-order valence-electron chi connectivity index (χ3n) is 6.06. The van der Waals surface area contributed by atoms with Crippen molar-refractivity contribution in [3.8, 4) is 5.75 Å². The molecule has 4 bridgehead atoms. The number of methoxy groups -OCH3 is 1. The second kappa shape index (κ2) is 4.49. The fourth-order valence-corrected chi connectivity index (χ4v) is 5.71. The van der Waals surface area contributed by atoms with Crippen molar-refractivity contribution in [2.45, 2.75) is 50.5 Å². The second-order valence-electron chi connectivity index (χ2n) is 7.39. The Morgan fingerprint density at radius 3 is 2.20 bits per heavy atom. The number of hydrogen-bond acceptors (Lipinski definition) is 2. The zero-order valence-electron chi connectivity index (χ0n) is 12.3. The van der Waals surface area contributed by atoms with Gasteiger partial charge in [0.1, 0.15) is 5.75 Å². The van der Waals surface area contributed by atoms with Crippen LogP contribution in [0.1, 0.15) is 49.7 Å². The molecule has 0 heterocycles. The molecule has 4 fully saturated rings. The van der Waals surface area contributed by atoms with Gasteiger partial charge in [0.2, 0.25) is 0 Å². The first-order valence-corrected chi connectivity index (χ1v) is 8.01. The Labute approximate surface area is 121 Å². The van der Waals surface area contributed by atoms with E-state index in [4.69, 9.17) is 4.74 Å². The second-order valence-corrected chi connectivity index (χ2v) is 7.39. The van der Waals surface area contributed by atoms with Crippen molar-refractivity contribution in [3.63, 3.8) is 0 Å². The summed E-state index contributed by atoms with van der Waals surface area (Å²) in [5.41, 5.74) is 2.74. The molecule has 1 N–H and O–H groups in total. The maximum absolute atomic E-state index is 9.33. The van der Waals surface area contributed by atoms with Crippen LogP contribution in [-0.4, -0.2) is 12.2 Å². The monoisotopic (exact) mass is 272 g/mol. The van der Waals surface area contributed by atoms with Crippen molar-refractivity contribution in [1.82, 2.24) is 0 Å². The Bertz CT molecular complexity index is 485. The van der Waals surface area contributed by atoms with Gasteiger partial charge >= 0.3 is 0 Å². The minimum atomic E-state index is 0.0948. The lowest BCUT2D eigenvalue weighted by atomic mass is 9.48. The SMILES string of the molecule is COc1cc(CO)ccc1C12CC3CC(CC(C3)C1)C2. The largest absolute Gasteiger partial charge is 0.496 e. The molecular formula is C18H24O2. The van der Waals surface area contributed by atoms with Crippen molar-refractivity contribution >= 4 is 0 Å². The van der Waals surface area contributed by atoms with E-state index in [1.807, 2.05) is 6.07 Å². The van der Waals surface area contributed by atoms with Crippen LogP contribution in [0.3, 0.4) is 0 Å². The normalized spacial score (nSPS) is 38.2. The molecule has 0 spiro atoms. The van der Waals surface area contributed by atoms with Crippen LogP contribution in [0.15, 0.2) is 18.2 Å². The molecule has 0 aromatic heterocycles. The first kappa shape index (κ1) is 12.7. The lowest BCUT2D eigenvalue weighted by Gasteiger charge is -2.57. The third-order valence-corrected chi connectivity index (χ3v) is 6.06. The number of aliphatic hydroxyl groups excluding tert-OH is 1. The van der Waals surface area contributed by atoms with E-state index in [-0.39, 0.29) is 6.61 Å². The van der Waals surface area contributed by atoms with E-state index in [9.17, 15) is 5.11 Å². The first-order valence-electron chi connectivity index (χ1n) is 8.01. The molecule has 1 aromatic rings. The van der Waals surface area contributed by atoms with Gasteiger partial charge < -0.3 is 9.84 Å². The van der Waals surface area contributed by atoms with Gasteiger partial charge in [0.15, 0.2) is 0 Å². The fourth-order valence-electron chi connectivity index (χ4n) is 5.71. The molecule has 0 amide bonds. The smallest absolute Gasteiger partial charge is 0.122 e. The van der Waals surface area contributed by atoms with Crippen LogP contribution in [0, 0.1) is 17.8 Å². The lowest BCUT2D eigenvalue weighted by molar-refractivity contribution is -0.00617. The van der Waals surface area contributed by atoms with Gasteiger partial charge in [-0.25, -0.2) is 0 Å². The summed E-state index contributed by atoms with van der Waals surface area (Å²) in [6.07, 6.45) is 8.47. The van der Waals surface area contributed by atoms with Crippen LogP contribution < -0.4 is 4.74 Å². The summed E-state index contributed by atoms with van der Waals surface area (Å²) in [6, 6.07) is 6.35. The standard InChI is InChI=1S/C18H24O2/c1-20-17-7-12(11-19)2-3-16(17)18-8-13-4-14(9-18)6-15(5-13)10-18/h2-3,7,13-15,19H,4-6,8-11H2,1H3. The maximum atomic E-state index is 9.33. The molecule has 0 radical (unpaired) electrons. The van der Waals surface area contributed by atoms with Crippen molar-refractivity contribution in [3.05, 3.63) is 29.3 Å². The minimum absolute atomic E-state index is 0.0948. The van der Waals surface area contributed by atoms with E-state index in [1.54, 1.807) is 7.11 Å². The highest BCUT2D eigenvalue weighted by Crippen LogP contribution is 2.61. The summed E-state index contributed by atoms with van der Waals surface area (Å²) >= 11 is 0. The van der Waals surface area contributed by atoms with Crippen LogP contribution in [0.5, 0.6) is 5.75 Å². The van der Waals surface area contributed by atoms with Gasteiger partial charge in [-0.15, -0.1) is 0 Å². The van der Waals surface area contributed by atoms with Gasteiger partial charge in [-0.05, 0) is 73.3 Å². The Balaban J connectivity index is 1.76. The molecule has 0 atom stereocenters. The average Bonchev–Trinajstić information content (AvgIpc) is 2.45. The van der Waals surface area contributed by atoms with E-state index < -0.39 is 0 Å². The molecule has 1 aromatic carbocycles. The van der Waals surface area contributed by atoms with Crippen molar-refractivity contribution in [2.24, 2.45) is 17.8 Å². The highest BCUT2D eigenvalue weighted by molar-refractivity contribution is 5.44. The van der Waals surface area contributed by atoms with E-state index in [2.05, 4.69) is 12.1 Å². The highest BCUT2D eigenvalue weighted by atomic mass is 16.5. The number of rotatable bonds is 3. The molecule has 4 saturated carbocycles. The van der Waals surface area contributed by atoms with Crippen LogP contribution in [-0.2, 0) is 12.0 Å². The van der Waals surface area contributed by atoms with E-state index in [0.29, 0.717) is 5.41 Å². The van der Waals surface area contributed by atoms with Crippen molar-refractivity contribution in [2.75, 3.05) is 7.11 Å². The average molecular weight is 272 g/mol. The molecule has 4 aliphatic carbocycles. The summed E-state index contributed by atoms with van der Waals surface area (Å²) in [6.45, 7) is 0.0948. The van der Waals surface area contributed by atoms with Crippen LogP contribution in [0.25, 0.3) is 0 Å². The summed E-state index contributed by atoms with van der Waals surface area (Å²) in [4.78, 5) is 0. The number of aliphatic hydroxyl groups is 1. The number of ether oxygens (including phenoxy) is 1. The predicted molar refractivity (Wildman–Crippen MR) is 78.8 cm³/mol. The topological polar surface area (TPSA) is 29.5 Å². The lowest BCUT2D eigenvalue weighted by Crippen LogP contribution is -2.48. The van der Waals surface area contributed by atoms with Gasteiger partial charge in [0.25, 0.3) is 0 Å². The molecule has 0 saturated heterocycles. The number of hydrogen-bond donors (Lipinski definition) is 1. The van der Waals surface area contributed by atoms with E-state index >= 15 is 0 Å². The highest BCUT2D eigenvalue weighted by Gasteiger charge is 2.52. The minimum Gasteiger partial charge on any atom is -0.496 e. The van der Waals surface area contributed by atoms with Gasteiger partial charge in [-0.2, -0.15) is 0 Å². The molecule has 0 unspecified atom stereocenters. The molecule has 2 nitrogen and oxygen atoms in total. The Morgan fingerprint density at radius 1 is 1.10 bits per heavy atom. The van der Waals surface area contributed by atoms with Gasteiger partial charge in [0, 0.05) is 5.56 Å². The summed E-state index contributed by atoms with van der Waals surface area (Å²) in [5.74, 6) is 3.84. The Kier molecular flexibility index (Phi) is 2.85. The van der Waals surface area contributed by atoms with Crippen molar-refractivity contribution < 1.29 is 9.84 Å². The van der Waals surface area contributed by atoms with E-state index in [1.165, 1.54) is 44.1 Å². The zero-order chi connectivity index (χ0) is 13.7. The van der Waals surface area contributed by atoms with Gasteiger partial charge in [-0.3, -0.25) is 0 Å². The Morgan fingerprint density at radius 2 is 1.70 bits per heavy atom. The molecule has 0 aliphatic heterocycles. The first-order chi connectivity index (χ1) is 9.72. The fraction of sp³-hybridized carbons (Fsp3) is 0.667.